The normalized spacial score (nSPS) is 18.2. The van der Waals surface area contributed by atoms with Crippen LogP contribution in [0.4, 0.5) is 11.9 Å². The minimum absolute atomic E-state index is 0.0119. The largest absolute Gasteiger partial charge is 0.493 e. The average Bonchev–Trinajstić information content (AvgIpc) is 2.69. The minimum atomic E-state index is -0.0119. The summed E-state index contributed by atoms with van der Waals surface area (Å²) >= 11 is 0. The van der Waals surface area contributed by atoms with Crippen molar-refractivity contribution in [1.82, 2.24) is 19.9 Å². The van der Waals surface area contributed by atoms with Crippen LogP contribution in [0.5, 0.6) is 5.88 Å². The molecule has 9 heteroatoms. The lowest BCUT2D eigenvalue weighted by atomic mass is 10.2. The smallest absolute Gasteiger partial charge is 0.230 e. The average molecular weight is 358 g/mol. The highest BCUT2D eigenvalue weighted by Crippen LogP contribution is 2.25. The van der Waals surface area contributed by atoms with E-state index in [-0.39, 0.29) is 5.88 Å². The van der Waals surface area contributed by atoms with Crippen LogP contribution in [0.3, 0.4) is 0 Å². The fourth-order valence-electron chi connectivity index (χ4n) is 3.07. The monoisotopic (exact) mass is 358 g/mol. The van der Waals surface area contributed by atoms with Gasteiger partial charge in [0.05, 0.1) is 32.1 Å². The Morgan fingerprint density at radius 3 is 1.85 bits per heavy atom. The number of anilines is 2. The summed E-state index contributed by atoms with van der Waals surface area (Å²) in [4.78, 5) is 22.4. The van der Waals surface area contributed by atoms with E-state index in [1.807, 2.05) is 6.92 Å². The van der Waals surface area contributed by atoms with Gasteiger partial charge in [-0.3, -0.25) is 0 Å². The first kappa shape index (κ1) is 16.9. The van der Waals surface area contributed by atoms with Crippen LogP contribution in [-0.2, 0) is 9.47 Å². The van der Waals surface area contributed by atoms with Gasteiger partial charge in [-0.05, 0) is 13.0 Å². The van der Waals surface area contributed by atoms with Crippen molar-refractivity contribution in [2.75, 3.05) is 62.4 Å². The van der Waals surface area contributed by atoms with Crippen LogP contribution in [0.15, 0.2) is 12.1 Å². The second-order valence-corrected chi connectivity index (χ2v) is 6.26. The molecule has 2 saturated heterocycles. The summed E-state index contributed by atoms with van der Waals surface area (Å²) in [6.07, 6.45) is 0. The molecule has 138 valence electrons. The molecular weight excluding hydrogens is 336 g/mol. The second kappa shape index (κ2) is 7.38. The number of morpholine rings is 2. The summed E-state index contributed by atoms with van der Waals surface area (Å²) in [6, 6.07) is 3.34. The van der Waals surface area contributed by atoms with Crippen LogP contribution in [0, 0.1) is 6.92 Å². The van der Waals surface area contributed by atoms with E-state index in [0.717, 1.165) is 31.7 Å². The molecule has 2 aromatic heterocycles. The summed E-state index contributed by atoms with van der Waals surface area (Å²) in [6.45, 7) is 7.47. The molecule has 0 aromatic carbocycles. The number of ether oxygens (including phenoxy) is 2. The molecule has 26 heavy (non-hydrogen) atoms. The maximum Gasteiger partial charge on any atom is 0.230 e. The highest BCUT2D eigenvalue weighted by atomic mass is 16.5. The second-order valence-electron chi connectivity index (χ2n) is 6.26. The van der Waals surface area contributed by atoms with Crippen LogP contribution >= 0.6 is 0 Å². The van der Waals surface area contributed by atoms with Crippen molar-refractivity contribution in [3.05, 3.63) is 17.8 Å². The number of aromatic nitrogens is 4. The molecule has 0 bridgehead atoms. The first-order chi connectivity index (χ1) is 12.7. The van der Waals surface area contributed by atoms with Crippen LogP contribution in [0.25, 0.3) is 11.4 Å². The molecule has 0 unspecified atom stereocenters. The quantitative estimate of drug-likeness (QED) is 0.847. The lowest BCUT2D eigenvalue weighted by Gasteiger charge is -2.30. The first-order valence-electron chi connectivity index (χ1n) is 8.79. The van der Waals surface area contributed by atoms with Crippen molar-refractivity contribution < 1.29 is 14.6 Å². The molecule has 0 radical (unpaired) electrons. The fourth-order valence-corrected chi connectivity index (χ4v) is 3.07. The number of hydrogen-bond donors (Lipinski definition) is 1. The van der Waals surface area contributed by atoms with E-state index >= 15 is 0 Å². The van der Waals surface area contributed by atoms with Gasteiger partial charge in [-0.25, -0.2) is 4.98 Å². The molecule has 9 nitrogen and oxygen atoms in total. The van der Waals surface area contributed by atoms with Crippen LogP contribution in [0.1, 0.15) is 5.69 Å². The third kappa shape index (κ3) is 3.54. The Morgan fingerprint density at radius 1 is 0.808 bits per heavy atom. The number of hydrogen-bond acceptors (Lipinski definition) is 9. The molecule has 2 aliphatic rings. The SMILES string of the molecule is Cc1nc(O)ccc1-c1nc(N2CCOCC2)nc(N2CCOCC2)n1. The van der Waals surface area contributed by atoms with Gasteiger partial charge in [0.1, 0.15) is 0 Å². The molecule has 4 heterocycles. The highest BCUT2D eigenvalue weighted by Gasteiger charge is 2.21. The van der Waals surface area contributed by atoms with Gasteiger partial charge in [-0.2, -0.15) is 15.0 Å². The van der Waals surface area contributed by atoms with Crippen molar-refractivity contribution in [2.45, 2.75) is 6.92 Å². The van der Waals surface area contributed by atoms with Gasteiger partial charge in [-0.1, -0.05) is 0 Å². The Hall–Kier alpha value is -2.52. The Morgan fingerprint density at radius 2 is 1.35 bits per heavy atom. The molecule has 1 N–H and O–H groups in total. The summed E-state index contributed by atoms with van der Waals surface area (Å²) in [5.41, 5.74) is 1.46. The number of nitrogens with zero attached hydrogens (tertiary/aromatic N) is 6. The Balaban J connectivity index is 1.76. The van der Waals surface area contributed by atoms with Gasteiger partial charge >= 0.3 is 0 Å². The first-order valence-corrected chi connectivity index (χ1v) is 8.79. The zero-order valence-electron chi connectivity index (χ0n) is 14.8. The summed E-state index contributed by atoms with van der Waals surface area (Å²) in [7, 11) is 0. The summed E-state index contributed by atoms with van der Waals surface area (Å²) < 4.78 is 10.9. The number of pyridine rings is 1. The number of rotatable bonds is 3. The van der Waals surface area contributed by atoms with Crippen molar-refractivity contribution in [2.24, 2.45) is 0 Å². The van der Waals surface area contributed by atoms with Crippen molar-refractivity contribution in [1.29, 1.82) is 0 Å². The van der Waals surface area contributed by atoms with Crippen molar-refractivity contribution >= 4 is 11.9 Å². The maximum atomic E-state index is 9.59. The van der Waals surface area contributed by atoms with Gasteiger partial charge in [0.15, 0.2) is 5.82 Å². The Kier molecular flexibility index (Phi) is 4.81. The van der Waals surface area contributed by atoms with E-state index < -0.39 is 0 Å². The molecule has 2 aliphatic heterocycles. The van der Waals surface area contributed by atoms with Crippen molar-refractivity contribution in [3.63, 3.8) is 0 Å². The Labute approximate surface area is 151 Å². The zero-order chi connectivity index (χ0) is 17.9. The molecule has 4 rings (SSSR count). The molecule has 0 atom stereocenters. The third-order valence-electron chi connectivity index (χ3n) is 4.51. The fraction of sp³-hybridized carbons (Fsp3) is 0.529. The Bertz CT molecular complexity index is 739. The summed E-state index contributed by atoms with van der Waals surface area (Å²) in [5, 5.41) is 9.59. The predicted octanol–water partition coefficient (Wildman–Crippen LogP) is 0.621. The summed E-state index contributed by atoms with van der Waals surface area (Å²) in [5.74, 6) is 1.84. The van der Waals surface area contributed by atoms with E-state index in [1.54, 1.807) is 12.1 Å². The zero-order valence-corrected chi connectivity index (χ0v) is 14.8. The molecule has 0 saturated carbocycles. The van der Waals surface area contributed by atoms with Gasteiger partial charge in [0, 0.05) is 37.8 Å². The van der Waals surface area contributed by atoms with E-state index in [2.05, 4.69) is 24.8 Å². The highest BCUT2D eigenvalue weighted by molar-refractivity contribution is 5.61. The molecule has 0 amide bonds. The molecular formula is C17H22N6O3. The maximum absolute atomic E-state index is 9.59. The van der Waals surface area contributed by atoms with E-state index in [9.17, 15) is 5.11 Å². The van der Waals surface area contributed by atoms with Crippen LogP contribution < -0.4 is 9.80 Å². The van der Waals surface area contributed by atoms with Crippen LogP contribution in [-0.4, -0.2) is 77.6 Å². The van der Waals surface area contributed by atoms with Gasteiger partial charge in [0.25, 0.3) is 0 Å². The standard InChI is InChI=1S/C17H22N6O3/c1-12-13(2-3-14(24)18-12)15-19-16(22-4-8-25-9-5-22)21-17(20-15)23-6-10-26-11-7-23/h2-3H,4-11H2,1H3,(H,18,24). The molecule has 0 spiro atoms. The van der Waals surface area contributed by atoms with Gasteiger partial charge in [-0.15, -0.1) is 0 Å². The number of aryl methyl sites for hydroxylation is 1. The van der Waals surface area contributed by atoms with Crippen LogP contribution in [0.2, 0.25) is 0 Å². The van der Waals surface area contributed by atoms with Gasteiger partial charge < -0.3 is 24.4 Å². The minimum Gasteiger partial charge on any atom is -0.493 e. The van der Waals surface area contributed by atoms with E-state index in [0.29, 0.717) is 49.8 Å². The molecule has 2 aromatic rings. The lowest BCUT2D eigenvalue weighted by molar-refractivity contribution is 0.121. The number of aromatic hydroxyl groups is 1. The third-order valence-corrected chi connectivity index (χ3v) is 4.51. The van der Waals surface area contributed by atoms with Gasteiger partial charge in [0.2, 0.25) is 17.8 Å². The lowest BCUT2D eigenvalue weighted by Crippen LogP contribution is -2.40. The predicted molar refractivity (Wildman–Crippen MR) is 95.5 cm³/mol. The van der Waals surface area contributed by atoms with E-state index in [4.69, 9.17) is 14.5 Å². The molecule has 2 fully saturated rings. The van der Waals surface area contributed by atoms with Crippen molar-refractivity contribution in [3.8, 4) is 17.3 Å². The molecule has 0 aliphatic carbocycles. The topological polar surface area (TPSA) is 96.7 Å². The van der Waals surface area contributed by atoms with E-state index in [1.165, 1.54) is 0 Å².